The maximum atomic E-state index is 10.3. The van der Waals surface area contributed by atoms with Gasteiger partial charge in [0, 0.05) is 6.42 Å². The summed E-state index contributed by atoms with van der Waals surface area (Å²) in [4.78, 5) is 10.3. The van der Waals surface area contributed by atoms with Crippen molar-refractivity contribution >= 4 is 5.97 Å². The van der Waals surface area contributed by atoms with E-state index in [1.54, 1.807) is 0 Å². The monoisotopic (exact) mass is 302 g/mol. The van der Waals surface area contributed by atoms with E-state index < -0.39 is 5.97 Å². The number of allylic oxidation sites excluding steroid dienone is 7. The van der Waals surface area contributed by atoms with Crippen molar-refractivity contribution in [3.63, 3.8) is 0 Å². The van der Waals surface area contributed by atoms with Crippen molar-refractivity contribution in [2.24, 2.45) is 0 Å². The molecule has 0 aromatic carbocycles. The summed E-state index contributed by atoms with van der Waals surface area (Å²) in [5.41, 5.74) is 3.11. The largest absolute Gasteiger partial charge is 0.481 e. The molecular weight excluding hydrogens is 272 g/mol. The minimum Gasteiger partial charge on any atom is -0.481 e. The zero-order chi connectivity index (χ0) is 16.3. The van der Waals surface area contributed by atoms with Crippen LogP contribution in [0.1, 0.15) is 64.7 Å². The molecule has 0 amide bonds. The van der Waals surface area contributed by atoms with Crippen LogP contribution in [0.3, 0.4) is 0 Å². The molecule has 122 valence electrons. The minimum absolute atomic E-state index is 0.242. The fourth-order valence-corrected chi connectivity index (χ4v) is 1.77. The minimum atomic E-state index is -0.726. The van der Waals surface area contributed by atoms with E-state index in [0.29, 0.717) is 6.42 Å². The molecule has 0 unspecified atom stereocenters. The summed E-state index contributed by atoms with van der Waals surface area (Å²) in [6, 6.07) is 0. The summed E-state index contributed by atoms with van der Waals surface area (Å²) < 4.78 is 0. The summed E-state index contributed by atoms with van der Waals surface area (Å²) in [5, 5.41) is 8.48. The van der Waals surface area contributed by atoms with Crippen LogP contribution in [0.4, 0.5) is 0 Å². The van der Waals surface area contributed by atoms with Crippen molar-refractivity contribution in [2.75, 3.05) is 0 Å². The predicted molar refractivity (Wildman–Crippen MR) is 94.9 cm³/mol. The molecule has 1 N–H and O–H groups in total. The highest BCUT2D eigenvalue weighted by Crippen LogP contribution is 2.00. The van der Waals surface area contributed by atoms with Crippen molar-refractivity contribution in [1.82, 2.24) is 0 Å². The fraction of sp³-hybridized carbons (Fsp3) is 0.500. The Morgan fingerprint density at radius 2 is 1.45 bits per heavy atom. The summed E-state index contributed by atoms with van der Waals surface area (Å²) in [6.45, 7) is 2.15. The van der Waals surface area contributed by atoms with Gasteiger partial charge in [-0.15, -0.1) is 5.73 Å². The summed E-state index contributed by atoms with van der Waals surface area (Å²) >= 11 is 0. The second-order valence-electron chi connectivity index (χ2n) is 5.09. The van der Waals surface area contributed by atoms with Crippen molar-refractivity contribution in [2.45, 2.75) is 64.7 Å². The highest BCUT2D eigenvalue weighted by Gasteiger charge is 1.92. The number of hydrogen-bond acceptors (Lipinski definition) is 1. The summed E-state index contributed by atoms with van der Waals surface area (Å²) in [6.07, 6.45) is 25.3. The van der Waals surface area contributed by atoms with Gasteiger partial charge in [-0.05, 0) is 63.5 Å². The average Bonchev–Trinajstić information content (AvgIpc) is 2.50. The third kappa shape index (κ3) is 18.2. The van der Waals surface area contributed by atoms with Gasteiger partial charge in [0.05, 0.1) is 0 Å². The quantitative estimate of drug-likeness (QED) is 0.258. The molecule has 0 rings (SSSR count). The lowest BCUT2D eigenvalue weighted by molar-refractivity contribution is -0.137. The first-order chi connectivity index (χ1) is 10.8. The van der Waals surface area contributed by atoms with E-state index in [9.17, 15) is 4.79 Å². The third-order valence-corrected chi connectivity index (χ3v) is 2.97. The van der Waals surface area contributed by atoms with Gasteiger partial charge in [-0.3, -0.25) is 4.79 Å². The lowest BCUT2D eigenvalue weighted by Gasteiger charge is -1.89. The van der Waals surface area contributed by atoms with Crippen LogP contribution in [0.2, 0.25) is 0 Å². The number of carbonyl (C=O) groups is 1. The van der Waals surface area contributed by atoms with E-state index in [1.165, 1.54) is 0 Å². The first-order valence-corrected chi connectivity index (χ1v) is 8.33. The predicted octanol–water partition coefficient (Wildman–Crippen LogP) is 5.98. The second kappa shape index (κ2) is 17.3. The lowest BCUT2D eigenvalue weighted by atomic mass is 10.2. The number of aliphatic carboxylic acids is 1. The standard InChI is InChI=1S/C20H30O2/c1-2-3-4-5-6-7-8-9-10-11-12-13-14-15-16-17-18-19-20(21)22/h3-4,6-7,9-10,14,16H,2,5,8,11-13,17-19H2,1H3,(H,21,22)/b4-3+,7-6+,10-9+. The summed E-state index contributed by atoms with van der Waals surface area (Å²) in [7, 11) is 0. The van der Waals surface area contributed by atoms with Crippen LogP contribution >= 0.6 is 0 Å². The first-order valence-electron chi connectivity index (χ1n) is 8.33. The molecule has 0 radical (unpaired) electrons. The van der Waals surface area contributed by atoms with Crippen molar-refractivity contribution in [1.29, 1.82) is 0 Å². The lowest BCUT2D eigenvalue weighted by Crippen LogP contribution is -1.92. The molecule has 2 heteroatoms. The molecule has 0 saturated heterocycles. The van der Waals surface area contributed by atoms with E-state index in [2.05, 4.69) is 49.1 Å². The van der Waals surface area contributed by atoms with E-state index in [0.717, 1.165) is 44.9 Å². The zero-order valence-electron chi connectivity index (χ0n) is 13.8. The number of rotatable bonds is 13. The number of hydrogen-bond donors (Lipinski definition) is 1. The highest BCUT2D eigenvalue weighted by molar-refractivity contribution is 5.66. The van der Waals surface area contributed by atoms with Crippen LogP contribution in [0.25, 0.3) is 0 Å². The smallest absolute Gasteiger partial charge is 0.303 e. The van der Waals surface area contributed by atoms with Gasteiger partial charge in [0.25, 0.3) is 0 Å². The van der Waals surface area contributed by atoms with Crippen LogP contribution in [0, 0.1) is 0 Å². The zero-order valence-corrected chi connectivity index (χ0v) is 13.8. The van der Waals surface area contributed by atoms with Crippen molar-refractivity contribution in [3.05, 3.63) is 54.3 Å². The molecule has 0 aromatic heterocycles. The molecule has 0 heterocycles. The number of carboxylic acids is 1. The van der Waals surface area contributed by atoms with Gasteiger partial charge >= 0.3 is 5.97 Å². The normalized spacial score (nSPS) is 11.3. The Morgan fingerprint density at radius 1 is 0.864 bits per heavy atom. The Morgan fingerprint density at radius 3 is 2.09 bits per heavy atom. The van der Waals surface area contributed by atoms with E-state index in [1.807, 2.05) is 12.2 Å². The molecule has 0 fully saturated rings. The topological polar surface area (TPSA) is 37.3 Å². The SMILES string of the molecule is CC/C=C/C/C=C/C/C=C/CCCC=C=CCCCC(=O)O. The number of unbranched alkanes of at least 4 members (excludes halogenated alkanes) is 3. The van der Waals surface area contributed by atoms with Crippen LogP contribution in [0.5, 0.6) is 0 Å². The van der Waals surface area contributed by atoms with Gasteiger partial charge in [-0.25, -0.2) is 0 Å². The highest BCUT2D eigenvalue weighted by atomic mass is 16.4. The first kappa shape index (κ1) is 20.2. The molecule has 0 aliphatic rings. The molecule has 0 spiro atoms. The molecule has 0 atom stereocenters. The average molecular weight is 302 g/mol. The maximum absolute atomic E-state index is 10.3. The molecule has 0 saturated carbocycles. The Bertz CT molecular complexity index is 407. The van der Waals surface area contributed by atoms with Gasteiger partial charge in [0.1, 0.15) is 0 Å². The van der Waals surface area contributed by atoms with Gasteiger partial charge in [0.2, 0.25) is 0 Å². The molecule has 0 aromatic rings. The maximum Gasteiger partial charge on any atom is 0.303 e. The molecule has 22 heavy (non-hydrogen) atoms. The Labute approximate surface area is 135 Å². The van der Waals surface area contributed by atoms with Crippen molar-refractivity contribution in [3.8, 4) is 0 Å². The molecular formula is C20H30O2. The second-order valence-corrected chi connectivity index (χ2v) is 5.09. The molecule has 0 bridgehead atoms. The van der Waals surface area contributed by atoms with Gasteiger partial charge in [-0.1, -0.05) is 43.4 Å². The molecule has 0 aliphatic carbocycles. The van der Waals surface area contributed by atoms with E-state index >= 15 is 0 Å². The fourth-order valence-electron chi connectivity index (χ4n) is 1.77. The van der Waals surface area contributed by atoms with E-state index in [-0.39, 0.29) is 6.42 Å². The number of carboxylic acid groups (broad SMARTS) is 1. The van der Waals surface area contributed by atoms with Crippen LogP contribution in [0.15, 0.2) is 54.3 Å². The van der Waals surface area contributed by atoms with E-state index in [4.69, 9.17) is 5.11 Å². The Hall–Kier alpha value is -1.79. The van der Waals surface area contributed by atoms with Crippen LogP contribution in [-0.4, -0.2) is 11.1 Å². The Balaban J connectivity index is 3.44. The summed E-state index contributed by atoms with van der Waals surface area (Å²) in [5.74, 6) is -0.726. The van der Waals surface area contributed by atoms with Gasteiger partial charge in [0.15, 0.2) is 0 Å². The van der Waals surface area contributed by atoms with Crippen LogP contribution in [-0.2, 0) is 4.79 Å². The van der Waals surface area contributed by atoms with Crippen molar-refractivity contribution < 1.29 is 9.90 Å². The Kier molecular flexibility index (Phi) is 15.9. The van der Waals surface area contributed by atoms with Crippen LogP contribution < -0.4 is 0 Å². The molecule has 0 aliphatic heterocycles. The third-order valence-electron chi connectivity index (χ3n) is 2.97. The van der Waals surface area contributed by atoms with Gasteiger partial charge in [-0.2, -0.15) is 0 Å². The molecule has 2 nitrogen and oxygen atoms in total. The van der Waals surface area contributed by atoms with Gasteiger partial charge < -0.3 is 5.11 Å².